The molecule has 7 heteroatoms. The second kappa shape index (κ2) is 9.23. The fourth-order valence-electron chi connectivity index (χ4n) is 2.68. The molecule has 3 amide bonds. The molecule has 2 aromatic carbocycles. The van der Waals surface area contributed by atoms with Crippen molar-refractivity contribution in [3.8, 4) is 5.75 Å². The van der Waals surface area contributed by atoms with Gasteiger partial charge in [-0.25, -0.2) is 9.78 Å². The predicted molar refractivity (Wildman–Crippen MR) is 111 cm³/mol. The Morgan fingerprint density at radius 2 is 1.89 bits per heavy atom. The topological polar surface area (TPSA) is 80.3 Å². The van der Waals surface area contributed by atoms with Gasteiger partial charge in [0.25, 0.3) is 0 Å². The number of pyridine rings is 1. The van der Waals surface area contributed by atoms with E-state index in [1.54, 1.807) is 7.11 Å². The number of aryl methyl sites for hydroxylation is 1. The summed E-state index contributed by atoms with van der Waals surface area (Å²) in [5.41, 5.74) is 2.84. The van der Waals surface area contributed by atoms with Gasteiger partial charge in [-0.2, -0.15) is 0 Å². The Kier molecular flexibility index (Phi) is 6.49. The fraction of sp³-hybridized carbons (Fsp3) is 0.190. The number of carbonyl (C=O) groups is 2. The number of urea groups is 1. The minimum absolute atomic E-state index is 0.0979. The van der Waals surface area contributed by atoms with Gasteiger partial charge in [0.2, 0.25) is 5.91 Å². The number of imide groups is 1. The van der Waals surface area contributed by atoms with Crippen LogP contribution >= 0.6 is 11.8 Å². The summed E-state index contributed by atoms with van der Waals surface area (Å²) in [6.07, 6.45) is 0. The van der Waals surface area contributed by atoms with Gasteiger partial charge in [0, 0.05) is 18.0 Å². The normalized spacial score (nSPS) is 10.5. The number of rotatable bonds is 6. The number of benzene rings is 2. The molecule has 1 heterocycles. The number of methoxy groups -OCH3 is 1. The molecule has 0 bridgehead atoms. The number of nitrogens with one attached hydrogen (secondary N) is 2. The molecule has 0 fully saturated rings. The number of fused-ring (bicyclic) bond motifs is 1. The molecule has 0 saturated carbocycles. The standard InChI is InChI=1S/C21H21N3O3S/c1-14-10-20(23-18-11-16(27-2)8-9-17(14)18)28-13-19(25)24-21(26)22-12-15-6-4-3-5-7-15/h3-11H,12-13H2,1-2H3,(H2,22,24,25,26). The molecule has 0 spiro atoms. The van der Waals surface area contributed by atoms with E-state index in [0.717, 1.165) is 32.8 Å². The molecule has 0 saturated heterocycles. The first-order valence-electron chi connectivity index (χ1n) is 8.75. The number of thioether (sulfide) groups is 1. The van der Waals surface area contributed by atoms with E-state index in [0.29, 0.717) is 6.54 Å². The first-order valence-corrected chi connectivity index (χ1v) is 9.73. The van der Waals surface area contributed by atoms with Crippen LogP contribution in [0, 0.1) is 6.92 Å². The zero-order valence-electron chi connectivity index (χ0n) is 15.7. The lowest BCUT2D eigenvalue weighted by Crippen LogP contribution is -2.39. The summed E-state index contributed by atoms with van der Waals surface area (Å²) in [5.74, 6) is 0.454. The number of hydrogen-bond donors (Lipinski definition) is 2. The monoisotopic (exact) mass is 395 g/mol. The Hall–Kier alpha value is -3.06. The molecule has 28 heavy (non-hydrogen) atoms. The number of aromatic nitrogens is 1. The number of carbonyl (C=O) groups excluding carboxylic acids is 2. The second-order valence-electron chi connectivity index (χ2n) is 6.17. The molecule has 3 rings (SSSR count). The van der Waals surface area contributed by atoms with Crippen LogP contribution in [-0.4, -0.2) is 29.8 Å². The molecular formula is C21H21N3O3S. The Morgan fingerprint density at radius 3 is 2.64 bits per heavy atom. The van der Waals surface area contributed by atoms with Crippen molar-refractivity contribution < 1.29 is 14.3 Å². The van der Waals surface area contributed by atoms with Gasteiger partial charge in [-0.3, -0.25) is 10.1 Å². The molecule has 0 radical (unpaired) electrons. The van der Waals surface area contributed by atoms with Crippen LogP contribution in [0.2, 0.25) is 0 Å². The van der Waals surface area contributed by atoms with Crippen molar-refractivity contribution in [2.45, 2.75) is 18.5 Å². The molecule has 3 aromatic rings. The maximum atomic E-state index is 12.0. The maximum absolute atomic E-state index is 12.0. The largest absolute Gasteiger partial charge is 0.497 e. The summed E-state index contributed by atoms with van der Waals surface area (Å²) in [4.78, 5) is 28.5. The Morgan fingerprint density at radius 1 is 1.11 bits per heavy atom. The second-order valence-corrected chi connectivity index (χ2v) is 7.16. The van der Waals surface area contributed by atoms with E-state index in [2.05, 4.69) is 15.6 Å². The van der Waals surface area contributed by atoms with Gasteiger partial charge in [0.15, 0.2) is 0 Å². The van der Waals surface area contributed by atoms with Gasteiger partial charge in [-0.05, 0) is 36.2 Å². The van der Waals surface area contributed by atoms with E-state index in [1.165, 1.54) is 11.8 Å². The average molecular weight is 395 g/mol. The maximum Gasteiger partial charge on any atom is 0.321 e. The SMILES string of the molecule is COc1ccc2c(C)cc(SCC(=O)NC(=O)NCc3ccccc3)nc2c1. The summed E-state index contributed by atoms with van der Waals surface area (Å²) in [6.45, 7) is 2.36. The number of hydrogen-bond acceptors (Lipinski definition) is 5. The zero-order chi connectivity index (χ0) is 19.9. The predicted octanol–water partition coefficient (Wildman–Crippen LogP) is 3.67. The highest BCUT2D eigenvalue weighted by Crippen LogP contribution is 2.26. The van der Waals surface area contributed by atoms with Gasteiger partial charge >= 0.3 is 6.03 Å². The summed E-state index contributed by atoms with van der Waals surface area (Å²) in [5, 5.41) is 6.75. The van der Waals surface area contributed by atoms with Gasteiger partial charge in [0.05, 0.1) is 23.4 Å². The molecule has 1 aromatic heterocycles. The molecule has 0 aliphatic heterocycles. The van der Waals surface area contributed by atoms with Crippen molar-refractivity contribution >= 4 is 34.6 Å². The summed E-state index contributed by atoms with van der Waals surface area (Å²) in [7, 11) is 1.61. The third-order valence-electron chi connectivity index (χ3n) is 4.10. The first kappa shape index (κ1) is 19.7. The summed E-state index contributed by atoms with van der Waals surface area (Å²) < 4.78 is 5.24. The van der Waals surface area contributed by atoms with Gasteiger partial charge in [-0.15, -0.1) is 0 Å². The minimum Gasteiger partial charge on any atom is -0.497 e. The van der Waals surface area contributed by atoms with Crippen molar-refractivity contribution in [1.82, 2.24) is 15.6 Å². The van der Waals surface area contributed by atoms with Crippen LogP contribution in [0.25, 0.3) is 10.9 Å². The molecule has 2 N–H and O–H groups in total. The highest BCUT2D eigenvalue weighted by Gasteiger charge is 2.10. The van der Waals surface area contributed by atoms with Gasteiger partial charge in [0.1, 0.15) is 5.75 Å². The van der Waals surface area contributed by atoms with Crippen LogP contribution in [0.5, 0.6) is 5.75 Å². The van der Waals surface area contributed by atoms with E-state index in [1.807, 2.05) is 61.5 Å². The molecule has 0 unspecified atom stereocenters. The summed E-state index contributed by atoms with van der Waals surface area (Å²) in [6, 6.07) is 16.6. The van der Waals surface area contributed by atoms with Crippen LogP contribution in [0.3, 0.4) is 0 Å². The quantitative estimate of drug-likeness (QED) is 0.623. The van der Waals surface area contributed by atoms with E-state index >= 15 is 0 Å². The Labute approximate surface area is 167 Å². The molecule has 144 valence electrons. The lowest BCUT2D eigenvalue weighted by Gasteiger charge is -2.09. The lowest BCUT2D eigenvalue weighted by molar-refractivity contribution is -0.117. The van der Waals surface area contributed by atoms with Crippen LogP contribution in [0.15, 0.2) is 59.6 Å². The van der Waals surface area contributed by atoms with Gasteiger partial charge in [-0.1, -0.05) is 42.1 Å². The smallest absolute Gasteiger partial charge is 0.321 e. The third kappa shape index (κ3) is 5.23. The Bertz CT molecular complexity index is 993. The minimum atomic E-state index is -0.512. The number of nitrogens with zero attached hydrogens (tertiary/aromatic N) is 1. The van der Waals surface area contributed by atoms with Crippen molar-refractivity contribution in [2.24, 2.45) is 0 Å². The highest BCUT2D eigenvalue weighted by atomic mass is 32.2. The fourth-order valence-corrected chi connectivity index (χ4v) is 3.45. The van der Waals surface area contributed by atoms with Crippen LogP contribution in [0.4, 0.5) is 4.79 Å². The number of amides is 3. The van der Waals surface area contributed by atoms with Crippen molar-refractivity contribution in [2.75, 3.05) is 12.9 Å². The Balaban J connectivity index is 1.54. The van der Waals surface area contributed by atoms with E-state index in [-0.39, 0.29) is 11.7 Å². The number of ether oxygens (including phenoxy) is 1. The van der Waals surface area contributed by atoms with Crippen LogP contribution in [0.1, 0.15) is 11.1 Å². The van der Waals surface area contributed by atoms with Crippen molar-refractivity contribution in [1.29, 1.82) is 0 Å². The average Bonchev–Trinajstić information content (AvgIpc) is 2.71. The van der Waals surface area contributed by atoms with Crippen LogP contribution in [-0.2, 0) is 11.3 Å². The molecule has 0 aliphatic rings. The molecule has 6 nitrogen and oxygen atoms in total. The summed E-state index contributed by atoms with van der Waals surface area (Å²) >= 11 is 1.28. The first-order chi connectivity index (χ1) is 13.5. The molecular weight excluding hydrogens is 374 g/mol. The molecule has 0 atom stereocenters. The van der Waals surface area contributed by atoms with E-state index in [9.17, 15) is 9.59 Å². The zero-order valence-corrected chi connectivity index (χ0v) is 16.5. The molecule has 0 aliphatic carbocycles. The van der Waals surface area contributed by atoms with E-state index < -0.39 is 6.03 Å². The third-order valence-corrected chi connectivity index (χ3v) is 5.01. The lowest BCUT2D eigenvalue weighted by atomic mass is 10.1. The van der Waals surface area contributed by atoms with E-state index in [4.69, 9.17) is 4.74 Å². The highest BCUT2D eigenvalue weighted by molar-refractivity contribution is 7.99. The van der Waals surface area contributed by atoms with Crippen molar-refractivity contribution in [3.63, 3.8) is 0 Å². The van der Waals surface area contributed by atoms with Crippen molar-refractivity contribution in [3.05, 3.63) is 65.7 Å². The van der Waals surface area contributed by atoms with Crippen LogP contribution < -0.4 is 15.4 Å². The van der Waals surface area contributed by atoms with Gasteiger partial charge < -0.3 is 10.1 Å².